The van der Waals surface area contributed by atoms with Crippen LogP contribution in [0.5, 0.6) is 0 Å². The maximum Gasteiger partial charge on any atom is 0.325 e. The number of hydrogen-bond acceptors (Lipinski definition) is 4. The number of rotatable bonds is 3. The van der Waals surface area contributed by atoms with Crippen LogP contribution in [0.15, 0.2) is 23.1 Å². The molecule has 0 bridgehead atoms. The third kappa shape index (κ3) is 2.41. The Kier molecular flexibility index (Phi) is 3.57. The van der Waals surface area contributed by atoms with Crippen LogP contribution in [0.4, 0.5) is 4.39 Å². The standard InChI is InChI=1S/C12H15FN2O4S/c1-8-2-3-9(13)6-10(8)20(18,19)15-5-4-12(14,7-15)11(16)17/h2-3,6H,4-5,7,14H2,1H3,(H,16,17). The van der Waals surface area contributed by atoms with Gasteiger partial charge < -0.3 is 10.8 Å². The van der Waals surface area contributed by atoms with Crippen LogP contribution in [0.3, 0.4) is 0 Å². The Hall–Kier alpha value is -1.51. The van der Waals surface area contributed by atoms with Crippen molar-refractivity contribution in [3.63, 3.8) is 0 Å². The van der Waals surface area contributed by atoms with Crippen LogP contribution >= 0.6 is 0 Å². The van der Waals surface area contributed by atoms with Gasteiger partial charge in [-0.3, -0.25) is 4.79 Å². The Bertz CT molecular complexity index is 661. The minimum atomic E-state index is -3.95. The quantitative estimate of drug-likeness (QED) is 0.837. The summed E-state index contributed by atoms with van der Waals surface area (Å²) >= 11 is 0. The van der Waals surface area contributed by atoms with Crippen molar-refractivity contribution in [3.8, 4) is 0 Å². The molecule has 0 aromatic heterocycles. The maximum absolute atomic E-state index is 13.2. The number of hydrogen-bond donors (Lipinski definition) is 2. The van der Waals surface area contributed by atoms with E-state index in [4.69, 9.17) is 10.8 Å². The van der Waals surface area contributed by atoms with Crippen LogP contribution in [-0.4, -0.2) is 42.4 Å². The van der Waals surface area contributed by atoms with Crippen LogP contribution in [0.25, 0.3) is 0 Å². The average Bonchev–Trinajstić information content (AvgIpc) is 2.77. The van der Waals surface area contributed by atoms with Crippen molar-refractivity contribution >= 4 is 16.0 Å². The summed E-state index contributed by atoms with van der Waals surface area (Å²) in [5, 5.41) is 9.02. The molecule has 1 atom stereocenters. The lowest BCUT2D eigenvalue weighted by Gasteiger charge is -2.20. The van der Waals surface area contributed by atoms with E-state index in [9.17, 15) is 17.6 Å². The van der Waals surface area contributed by atoms with Crippen LogP contribution in [-0.2, 0) is 14.8 Å². The van der Waals surface area contributed by atoms with E-state index >= 15 is 0 Å². The minimum absolute atomic E-state index is 0.00108. The Morgan fingerprint density at radius 2 is 2.15 bits per heavy atom. The second-order valence-electron chi connectivity index (χ2n) is 4.96. The van der Waals surface area contributed by atoms with Gasteiger partial charge in [0.1, 0.15) is 11.4 Å². The van der Waals surface area contributed by atoms with E-state index in [1.165, 1.54) is 12.1 Å². The van der Waals surface area contributed by atoms with E-state index in [1.807, 2.05) is 0 Å². The molecule has 1 fully saturated rings. The summed E-state index contributed by atoms with van der Waals surface area (Å²) in [7, 11) is -3.95. The molecule has 1 heterocycles. The summed E-state index contributed by atoms with van der Waals surface area (Å²) < 4.78 is 39.1. The molecule has 0 amide bonds. The number of carbonyl (C=O) groups is 1. The Morgan fingerprint density at radius 1 is 1.50 bits per heavy atom. The van der Waals surface area contributed by atoms with Gasteiger partial charge in [-0.1, -0.05) is 6.07 Å². The maximum atomic E-state index is 13.2. The second-order valence-corrected chi connectivity index (χ2v) is 6.87. The molecule has 20 heavy (non-hydrogen) atoms. The zero-order valence-corrected chi connectivity index (χ0v) is 11.7. The molecule has 2 rings (SSSR count). The zero-order chi connectivity index (χ0) is 15.1. The van der Waals surface area contributed by atoms with Gasteiger partial charge in [0, 0.05) is 13.1 Å². The molecular formula is C12H15FN2O4S. The monoisotopic (exact) mass is 302 g/mol. The van der Waals surface area contributed by atoms with Gasteiger partial charge >= 0.3 is 5.97 Å². The summed E-state index contributed by atoms with van der Waals surface area (Å²) in [4.78, 5) is 10.9. The second kappa shape index (κ2) is 4.80. The van der Waals surface area contributed by atoms with Crippen molar-refractivity contribution in [1.29, 1.82) is 0 Å². The van der Waals surface area contributed by atoms with Crippen LogP contribution in [0.1, 0.15) is 12.0 Å². The summed E-state index contributed by atoms with van der Waals surface area (Å²) in [5.41, 5.74) is 4.47. The third-order valence-electron chi connectivity index (χ3n) is 3.46. The number of aliphatic carboxylic acids is 1. The smallest absolute Gasteiger partial charge is 0.325 e. The fraction of sp³-hybridized carbons (Fsp3) is 0.417. The van der Waals surface area contributed by atoms with Crippen LogP contribution in [0, 0.1) is 12.7 Å². The molecule has 1 aromatic rings. The molecule has 0 saturated carbocycles. The molecule has 1 aliphatic heterocycles. The van der Waals surface area contributed by atoms with Gasteiger partial charge in [-0.2, -0.15) is 4.31 Å². The molecule has 110 valence electrons. The first-order valence-electron chi connectivity index (χ1n) is 5.95. The Labute approximate surface area is 116 Å². The molecule has 1 aliphatic rings. The van der Waals surface area contributed by atoms with Gasteiger partial charge in [-0.25, -0.2) is 12.8 Å². The first-order valence-corrected chi connectivity index (χ1v) is 7.39. The molecule has 0 spiro atoms. The number of nitrogens with zero attached hydrogens (tertiary/aromatic N) is 1. The summed E-state index contributed by atoms with van der Waals surface area (Å²) in [6.45, 7) is 1.23. The minimum Gasteiger partial charge on any atom is -0.480 e. The summed E-state index contributed by atoms with van der Waals surface area (Å²) in [6.07, 6.45) is 0.0237. The van der Waals surface area contributed by atoms with Crippen LogP contribution < -0.4 is 5.73 Å². The molecule has 6 nitrogen and oxygen atoms in total. The van der Waals surface area contributed by atoms with Crippen molar-refractivity contribution in [2.75, 3.05) is 13.1 Å². The highest BCUT2D eigenvalue weighted by Crippen LogP contribution is 2.27. The van der Waals surface area contributed by atoms with E-state index in [0.717, 1.165) is 10.4 Å². The molecule has 8 heteroatoms. The first kappa shape index (κ1) is 14.9. The molecule has 1 aromatic carbocycles. The predicted molar refractivity (Wildman–Crippen MR) is 69.1 cm³/mol. The Morgan fingerprint density at radius 3 is 2.70 bits per heavy atom. The highest BCUT2D eigenvalue weighted by Gasteiger charge is 2.45. The largest absolute Gasteiger partial charge is 0.480 e. The van der Waals surface area contributed by atoms with Crippen molar-refractivity contribution < 1.29 is 22.7 Å². The number of halogens is 1. The van der Waals surface area contributed by atoms with Crippen molar-refractivity contribution in [1.82, 2.24) is 4.31 Å². The predicted octanol–water partition coefficient (Wildman–Crippen LogP) is 0.311. The molecule has 1 unspecified atom stereocenters. The number of benzene rings is 1. The van der Waals surface area contributed by atoms with E-state index in [-0.39, 0.29) is 24.4 Å². The lowest BCUT2D eigenvalue weighted by Crippen LogP contribution is -2.50. The number of aryl methyl sites for hydroxylation is 1. The van der Waals surface area contributed by atoms with Gasteiger partial charge in [0.25, 0.3) is 0 Å². The number of carboxylic acids is 1. The first-order chi connectivity index (χ1) is 9.17. The molecule has 0 aliphatic carbocycles. The fourth-order valence-electron chi connectivity index (χ4n) is 2.17. The van der Waals surface area contributed by atoms with E-state index in [2.05, 4.69) is 0 Å². The summed E-state index contributed by atoms with van der Waals surface area (Å²) in [6, 6.07) is 3.47. The van der Waals surface area contributed by atoms with Crippen molar-refractivity contribution in [2.24, 2.45) is 5.73 Å². The van der Waals surface area contributed by atoms with Gasteiger partial charge in [0.15, 0.2) is 0 Å². The lowest BCUT2D eigenvalue weighted by molar-refractivity contribution is -0.142. The van der Waals surface area contributed by atoms with Gasteiger partial charge in [-0.05, 0) is 31.0 Å². The van der Waals surface area contributed by atoms with E-state index in [1.54, 1.807) is 6.92 Å². The number of carboxylic acid groups (broad SMARTS) is 1. The molecule has 1 saturated heterocycles. The normalized spacial score (nSPS) is 23.9. The van der Waals surface area contributed by atoms with Crippen molar-refractivity contribution in [3.05, 3.63) is 29.6 Å². The average molecular weight is 302 g/mol. The van der Waals surface area contributed by atoms with E-state index < -0.39 is 27.3 Å². The zero-order valence-electron chi connectivity index (χ0n) is 10.8. The lowest BCUT2D eigenvalue weighted by atomic mass is 10.0. The highest BCUT2D eigenvalue weighted by molar-refractivity contribution is 7.89. The van der Waals surface area contributed by atoms with E-state index in [0.29, 0.717) is 5.56 Å². The molecule has 3 N–H and O–H groups in total. The van der Waals surface area contributed by atoms with Gasteiger partial charge in [0.05, 0.1) is 4.90 Å². The number of nitrogens with two attached hydrogens (primary N) is 1. The van der Waals surface area contributed by atoms with Gasteiger partial charge in [-0.15, -0.1) is 0 Å². The SMILES string of the molecule is Cc1ccc(F)cc1S(=O)(=O)N1CCC(N)(C(=O)O)C1. The highest BCUT2D eigenvalue weighted by atomic mass is 32.2. The molecular weight excluding hydrogens is 287 g/mol. The van der Waals surface area contributed by atoms with Crippen molar-refractivity contribution in [2.45, 2.75) is 23.8 Å². The van der Waals surface area contributed by atoms with Gasteiger partial charge in [0.2, 0.25) is 10.0 Å². The molecule has 0 radical (unpaired) electrons. The fourth-order valence-corrected chi connectivity index (χ4v) is 3.91. The summed E-state index contributed by atoms with van der Waals surface area (Å²) in [5.74, 6) is -1.91. The third-order valence-corrected chi connectivity index (χ3v) is 5.45. The topological polar surface area (TPSA) is 101 Å². The van der Waals surface area contributed by atoms with Crippen LogP contribution in [0.2, 0.25) is 0 Å². The number of sulfonamides is 1. The Balaban J connectivity index is 2.38.